The highest BCUT2D eigenvalue weighted by molar-refractivity contribution is 9.10. The molecule has 3 aromatic rings. The van der Waals surface area contributed by atoms with Gasteiger partial charge in [0, 0.05) is 28.5 Å². The predicted octanol–water partition coefficient (Wildman–Crippen LogP) is 4.62. The molecule has 0 atom stereocenters. The van der Waals surface area contributed by atoms with Crippen LogP contribution in [0.1, 0.15) is 12.8 Å². The van der Waals surface area contributed by atoms with E-state index >= 15 is 0 Å². The van der Waals surface area contributed by atoms with Crippen molar-refractivity contribution < 1.29 is 0 Å². The lowest BCUT2D eigenvalue weighted by atomic mass is 10.2. The maximum Gasteiger partial charge on any atom is 0.225 e. The van der Waals surface area contributed by atoms with Crippen molar-refractivity contribution in [3.63, 3.8) is 0 Å². The zero-order chi connectivity index (χ0) is 16.4. The molecule has 4 rings (SSSR count). The minimum Gasteiger partial charge on any atom is -0.351 e. The summed E-state index contributed by atoms with van der Waals surface area (Å²) >= 11 is 3.49. The monoisotopic (exact) mass is 381 g/mol. The zero-order valence-electron chi connectivity index (χ0n) is 12.9. The van der Waals surface area contributed by atoms with E-state index in [2.05, 4.69) is 41.5 Å². The van der Waals surface area contributed by atoms with E-state index < -0.39 is 0 Å². The number of pyridine rings is 1. The van der Waals surface area contributed by atoms with Crippen molar-refractivity contribution >= 4 is 33.4 Å². The Hall–Kier alpha value is -2.47. The molecular formula is C18H16BrN5. The molecular weight excluding hydrogens is 366 g/mol. The van der Waals surface area contributed by atoms with Gasteiger partial charge in [-0.25, -0.2) is 4.98 Å². The van der Waals surface area contributed by atoms with Crippen LogP contribution in [0, 0.1) is 0 Å². The number of hydrogen-bond acceptors (Lipinski definition) is 5. The van der Waals surface area contributed by atoms with Gasteiger partial charge in [0.25, 0.3) is 0 Å². The topological polar surface area (TPSA) is 62.7 Å². The Morgan fingerprint density at radius 2 is 1.88 bits per heavy atom. The molecule has 120 valence electrons. The molecule has 6 heteroatoms. The van der Waals surface area contributed by atoms with Crippen molar-refractivity contribution in [3.8, 4) is 11.4 Å². The van der Waals surface area contributed by atoms with Crippen molar-refractivity contribution in [2.24, 2.45) is 0 Å². The molecule has 2 aromatic heterocycles. The summed E-state index contributed by atoms with van der Waals surface area (Å²) in [6, 6.07) is 16.2. The number of rotatable bonds is 5. The van der Waals surface area contributed by atoms with Crippen LogP contribution >= 0.6 is 15.9 Å². The number of benzene rings is 1. The molecule has 1 fully saturated rings. The minimum atomic E-state index is 0.489. The number of aromatic nitrogens is 3. The number of nitrogens with one attached hydrogen (secondary N) is 2. The lowest BCUT2D eigenvalue weighted by molar-refractivity contribution is 1.05. The van der Waals surface area contributed by atoms with Crippen LogP contribution in [0.5, 0.6) is 0 Å². The first-order valence-electron chi connectivity index (χ1n) is 7.86. The third kappa shape index (κ3) is 3.71. The Kier molecular flexibility index (Phi) is 4.13. The first-order chi connectivity index (χ1) is 11.8. The van der Waals surface area contributed by atoms with Crippen LogP contribution in [0.2, 0.25) is 0 Å². The molecule has 0 unspecified atom stereocenters. The van der Waals surface area contributed by atoms with E-state index in [0.717, 1.165) is 27.4 Å². The molecule has 2 N–H and O–H groups in total. The van der Waals surface area contributed by atoms with Gasteiger partial charge < -0.3 is 10.6 Å². The first kappa shape index (κ1) is 15.1. The second-order valence-corrected chi connectivity index (χ2v) is 6.65. The molecule has 0 spiro atoms. The van der Waals surface area contributed by atoms with Gasteiger partial charge in [0.15, 0.2) is 0 Å². The predicted molar refractivity (Wildman–Crippen MR) is 99.3 cm³/mol. The second-order valence-electron chi connectivity index (χ2n) is 5.73. The number of anilines is 3. The number of nitrogens with zero attached hydrogens (tertiary/aromatic N) is 3. The molecule has 2 heterocycles. The third-order valence-electron chi connectivity index (χ3n) is 3.66. The van der Waals surface area contributed by atoms with Gasteiger partial charge in [-0.3, -0.25) is 4.98 Å². The van der Waals surface area contributed by atoms with Crippen LogP contribution in [0.3, 0.4) is 0 Å². The zero-order valence-corrected chi connectivity index (χ0v) is 14.5. The van der Waals surface area contributed by atoms with Gasteiger partial charge in [-0.15, -0.1) is 0 Å². The summed E-state index contributed by atoms with van der Waals surface area (Å²) in [5.74, 6) is 1.38. The number of halogens is 1. The summed E-state index contributed by atoms with van der Waals surface area (Å²) in [7, 11) is 0. The van der Waals surface area contributed by atoms with Crippen LogP contribution in [0.4, 0.5) is 17.5 Å². The van der Waals surface area contributed by atoms with Crippen molar-refractivity contribution in [1.82, 2.24) is 15.0 Å². The highest BCUT2D eigenvalue weighted by Gasteiger charge is 2.22. The smallest absolute Gasteiger partial charge is 0.225 e. The Bertz CT molecular complexity index is 849. The van der Waals surface area contributed by atoms with E-state index in [-0.39, 0.29) is 0 Å². The average molecular weight is 382 g/mol. The summed E-state index contributed by atoms with van der Waals surface area (Å²) in [5, 5.41) is 6.70. The third-order valence-corrected chi connectivity index (χ3v) is 4.15. The van der Waals surface area contributed by atoms with E-state index in [0.29, 0.717) is 12.0 Å². The average Bonchev–Trinajstić information content (AvgIpc) is 3.39. The first-order valence-corrected chi connectivity index (χ1v) is 8.65. The molecule has 1 aliphatic carbocycles. The largest absolute Gasteiger partial charge is 0.351 e. The minimum absolute atomic E-state index is 0.489. The normalized spacial score (nSPS) is 13.5. The summed E-state index contributed by atoms with van der Waals surface area (Å²) in [4.78, 5) is 13.6. The van der Waals surface area contributed by atoms with Gasteiger partial charge in [-0.1, -0.05) is 28.1 Å². The van der Waals surface area contributed by atoms with E-state index in [1.807, 2.05) is 48.5 Å². The van der Waals surface area contributed by atoms with Gasteiger partial charge in [-0.05, 0) is 43.2 Å². The van der Waals surface area contributed by atoms with Crippen LogP contribution in [-0.2, 0) is 0 Å². The number of hydrogen-bond donors (Lipinski definition) is 2. The van der Waals surface area contributed by atoms with Gasteiger partial charge in [0.2, 0.25) is 5.95 Å². The van der Waals surface area contributed by atoms with Crippen molar-refractivity contribution in [2.45, 2.75) is 18.9 Å². The maximum atomic E-state index is 4.61. The van der Waals surface area contributed by atoms with Crippen LogP contribution in [0.15, 0.2) is 59.2 Å². The molecule has 1 aromatic carbocycles. The fourth-order valence-corrected chi connectivity index (χ4v) is 2.74. The molecule has 0 aliphatic heterocycles. The summed E-state index contributed by atoms with van der Waals surface area (Å²) < 4.78 is 1.02. The fraction of sp³-hybridized carbons (Fsp3) is 0.167. The maximum absolute atomic E-state index is 4.61. The standard InChI is InChI=1S/C18H16BrN5/c19-12-4-3-5-14(10-12)21-17-11-16(15-6-1-2-9-20-15)23-18(24-17)22-13-7-8-13/h1-6,9-11,13H,7-8H2,(H2,21,22,23,24). The molecule has 0 amide bonds. The van der Waals surface area contributed by atoms with E-state index in [1.165, 1.54) is 12.8 Å². The van der Waals surface area contributed by atoms with E-state index in [9.17, 15) is 0 Å². The second kappa shape index (κ2) is 6.57. The van der Waals surface area contributed by atoms with Crippen LogP contribution < -0.4 is 10.6 Å². The Balaban J connectivity index is 1.69. The van der Waals surface area contributed by atoms with Crippen molar-refractivity contribution in [3.05, 3.63) is 59.2 Å². The summed E-state index contributed by atoms with van der Waals surface area (Å²) in [6.45, 7) is 0. The van der Waals surface area contributed by atoms with Gasteiger partial charge in [0.1, 0.15) is 5.82 Å². The van der Waals surface area contributed by atoms with Gasteiger partial charge in [-0.2, -0.15) is 4.98 Å². The van der Waals surface area contributed by atoms with Gasteiger partial charge in [0.05, 0.1) is 11.4 Å². The van der Waals surface area contributed by atoms with Crippen LogP contribution in [-0.4, -0.2) is 21.0 Å². The lowest BCUT2D eigenvalue weighted by Crippen LogP contribution is -2.08. The SMILES string of the molecule is Brc1cccc(Nc2cc(-c3ccccn3)nc(NC3CC3)n2)c1. The molecule has 0 bridgehead atoms. The molecule has 5 nitrogen and oxygen atoms in total. The molecule has 1 saturated carbocycles. The van der Waals surface area contributed by atoms with Crippen LogP contribution in [0.25, 0.3) is 11.4 Å². The molecule has 0 saturated heterocycles. The highest BCUT2D eigenvalue weighted by atomic mass is 79.9. The fourth-order valence-electron chi connectivity index (χ4n) is 2.35. The Morgan fingerprint density at radius 1 is 0.958 bits per heavy atom. The highest BCUT2D eigenvalue weighted by Crippen LogP contribution is 2.27. The molecule has 24 heavy (non-hydrogen) atoms. The van der Waals surface area contributed by atoms with E-state index in [1.54, 1.807) is 6.20 Å². The van der Waals surface area contributed by atoms with E-state index in [4.69, 9.17) is 0 Å². The Labute approximate surface area is 148 Å². The Morgan fingerprint density at radius 3 is 2.62 bits per heavy atom. The lowest BCUT2D eigenvalue weighted by Gasteiger charge is -2.11. The quantitative estimate of drug-likeness (QED) is 0.674. The molecule has 1 aliphatic rings. The summed E-state index contributed by atoms with van der Waals surface area (Å²) in [5.41, 5.74) is 2.59. The van der Waals surface area contributed by atoms with Gasteiger partial charge >= 0.3 is 0 Å². The van der Waals surface area contributed by atoms with Crippen molar-refractivity contribution in [1.29, 1.82) is 0 Å². The van der Waals surface area contributed by atoms with Crippen molar-refractivity contribution in [2.75, 3.05) is 10.6 Å². The molecule has 0 radical (unpaired) electrons. The summed E-state index contributed by atoms with van der Waals surface area (Å²) in [6.07, 6.45) is 4.12.